The molecule has 4 rings (SSSR count). The normalized spacial score (nSPS) is 18.3. The van der Waals surface area contributed by atoms with Crippen molar-refractivity contribution in [3.63, 3.8) is 0 Å². The highest BCUT2D eigenvalue weighted by Gasteiger charge is 2.17. The molecule has 0 spiro atoms. The molecule has 0 saturated heterocycles. The van der Waals surface area contributed by atoms with Crippen molar-refractivity contribution in [2.45, 2.75) is 76.8 Å². The van der Waals surface area contributed by atoms with Crippen molar-refractivity contribution in [1.29, 1.82) is 0 Å². The maximum Gasteiger partial charge on any atom is 0.263 e. The van der Waals surface area contributed by atoms with Crippen LogP contribution in [0.3, 0.4) is 0 Å². The van der Waals surface area contributed by atoms with E-state index in [0.717, 1.165) is 49.8 Å². The van der Waals surface area contributed by atoms with Gasteiger partial charge >= 0.3 is 0 Å². The van der Waals surface area contributed by atoms with E-state index in [1.165, 1.54) is 36.6 Å². The van der Waals surface area contributed by atoms with E-state index >= 15 is 0 Å². The molecule has 6 nitrogen and oxygen atoms in total. The zero-order chi connectivity index (χ0) is 17.9. The maximum absolute atomic E-state index is 12.8. The summed E-state index contributed by atoms with van der Waals surface area (Å²) in [5.74, 6) is -0.105. The summed E-state index contributed by atoms with van der Waals surface area (Å²) in [5.41, 5.74) is 2.55. The van der Waals surface area contributed by atoms with Crippen LogP contribution in [-0.4, -0.2) is 26.5 Å². The summed E-state index contributed by atoms with van der Waals surface area (Å²) in [6, 6.07) is 2.18. The van der Waals surface area contributed by atoms with Gasteiger partial charge in [-0.25, -0.2) is 9.97 Å². The van der Waals surface area contributed by atoms with Crippen LogP contribution >= 0.6 is 0 Å². The lowest BCUT2D eigenvalue weighted by atomic mass is 9.95. The molecule has 2 heterocycles. The molecule has 2 aromatic rings. The van der Waals surface area contributed by atoms with E-state index in [9.17, 15) is 9.59 Å². The van der Waals surface area contributed by atoms with Gasteiger partial charge in [0.2, 0.25) is 5.91 Å². The molecule has 0 aromatic carbocycles. The largest absolute Gasteiger partial charge is 0.352 e. The zero-order valence-corrected chi connectivity index (χ0v) is 15.2. The number of pyridine rings is 1. The van der Waals surface area contributed by atoms with Crippen LogP contribution in [0.25, 0.3) is 11.0 Å². The highest BCUT2D eigenvalue weighted by Crippen LogP contribution is 2.21. The summed E-state index contributed by atoms with van der Waals surface area (Å²) >= 11 is 0. The molecular weight excluding hydrogens is 328 g/mol. The van der Waals surface area contributed by atoms with Crippen LogP contribution in [0.4, 0.5) is 0 Å². The van der Waals surface area contributed by atoms with Crippen molar-refractivity contribution in [2.24, 2.45) is 0 Å². The van der Waals surface area contributed by atoms with Crippen molar-refractivity contribution >= 4 is 16.9 Å². The van der Waals surface area contributed by atoms with Gasteiger partial charge in [-0.15, -0.1) is 0 Å². The summed E-state index contributed by atoms with van der Waals surface area (Å²) in [4.78, 5) is 34.1. The molecule has 0 unspecified atom stereocenters. The predicted molar refractivity (Wildman–Crippen MR) is 100 cm³/mol. The lowest BCUT2D eigenvalue weighted by Crippen LogP contribution is -2.38. The second kappa shape index (κ2) is 7.56. The summed E-state index contributed by atoms with van der Waals surface area (Å²) in [5, 5.41) is 3.61. The summed E-state index contributed by atoms with van der Waals surface area (Å²) in [6.45, 7) is 0.0232. The Labute approximate surface area is 153 Å². The third-order valence-corrected chi connectivity index (χ3v) is 5.63. The van der Waals surface area contributed by atoms with Gasteiger partial charge in [-0.05, 0) is 50.2 Å². The quantitative estimate of drug-likeness (QED) is 0.859. The van der Waals surface area contributed by atoms with Crippen LogP contribution in [0.2, 0.25) is 0 Å². The Morgan fingerprint density at radius 2 is 1.88 bits per heavy atom. The number of aromatic nitrogens is 3. The minimum absolute atomic E-state index is 0.0232. The van der Waals surface area contributed by atoms with Gasteiger partial charge in [-0.3, -0.25) is 14.2 Å². The molecular formula is C20H26N4O2. The Bertz CT molecular complexity index is 866. The van der Waals surface area contributed by atoms with E-state index in [0.29, 0.717) is 11.0 Å². The Morgan fingerprint density at radius 3 is 2.69 bits per heavy atom. The topological polar surface area (TPSA) is 76.9 Å². The Kier molecular flexibility index (Phi) is 5.00. The Hall–Kier alpha value is -2.24. The lowest BCUT2D eigenvalue weighted by Gasteiger charge is -2.17. The van der Waals surface area contributed by atoms with Crippen LogP contribution < -0.4 is 10.9 Å². The number of rotatable bonds is 3. The number of fused-ring (bicyclic) bond motifs is 2. The summed E-state index contributed by atoms with van der Waals surface area (Å²) < 4.78 is 1.41. The standard InChI is InChI=1S/C20H26N4O2/c25-18(22-15-8-3-1-2-4-9-15)12-24-13-21-19-16(20(24)26)11-14-7-5-6-10-17(14)23-19/h11,13,15H,1-10,12H2,(H,22,25). The molecule has 2 aliphatic rings. The van der Waals surface area contributed by atoms with E-state index in [2.05, 4.69) is 15.3 Å². The molecule has 0 atom stereocenters. The third-order valence-electron chi connectivity index (χ3n) is 5.63. The fourth-order valence-electron chi connectivity index (χ4n) is 4.17. The number of amides is 1. The van der Waals surface area contributed by atoms with Gasteiger partial charge in [0, 0.05) is 11.7 Å². The first-order chi connectivity index (χ1) is 12.7. The molecule has 6 heteroatoms. The van der Waals surface area contributed by atoms with Crippen molar-refractivity contribution in [3.8, 4) is 0 Å². The summed E-state index contributed by atoms with van der Waals surface area (Å²) in [6.07, 6.45) is 12.6. The van der Waals surface area contributed by atoms with Crippen LogP contribution in [0.15, 0.2) is 17.2 Å². The first kappa shape index (κ1) is 17.2. The molecule has 1 fully saturated rings. The highest BCUT2D eigenvalue weighted by molar-refractivity contribution is 5.78. The molecule has 2 aliphatic carbocycles. The van der Waals surface area contributed by atoms with Crippen LogP contribution in [0, 0.1) is 0 Å². The first-order valence-electron chi connectivity index (χ1n) is 9.88. The van der Waals surface area contributed by atoms with Gasteiger partial charge in [0.1, 0.15) is 12.9 Å². The minimum Gasteiger partial charge on any atom is -0.352 e. The van der Waals surface area contributed by atoms with E-state index in [4.69, 9.17) is 0 Å². The van der Waals surface area contributed by atoms with Crippen molar-refractivity contribution in [2.75, 3.05) is 0 Å². The molecule has 1 amide bonds. The van der Waals surface area contributed by atoms with E-state index < -0.39 is 0 Å². The zero-order valence-electron chi connectivity index (χ0n) is 15.2. The average Bonchev–Trinajstić information content (AvgIpc) is 2.91. The van der Waals surface area contributed by atoms with Gasteiger partial charge in [-0.1, -0.05) is 25.7 Å². The lowest BCUT2D eigenvalue weighted by molar-refractivity contribution is -0.122. The smallest absolute Gasteiger partial charge is 0.263 e. The molecule has 2 aromatic heterocycles. The fraction of sp³-hybridized carbons (Fsp3) is 0.600. The molecule has 26 heavy (non-hydrogen) atoms. The van der Waals surface area contributed by atoms with Gasteiger partial charge in [0.05, 0.1) is 5.39 Å². The third kappa shape index (κ3) is 3.64. The first-order valence-corrected chi connectivity index (χ1v) is 9.88. The fourth-order valence-corrected chi connectivity index (χ4v) is 4.17. The monoisotopic (exact) mass is 354 g/mol. The average molecular weight is 354 g/mol. The highest BCUT2D eigenvalue weighted by atomic mass is 16.2. The number of carbonyl (C=O) groups is 1. The second-order valence-electron chi connectivity index (χ2n) is 7.61. The van der Waals surface area contributed by atoms with E-state index in [-0.39, 0.29) is 24.1 Å². The van der Waals surface area contributed by atoms with Gasteiger partial charge in [-0.2, -0.15) is 0 Å². The number of hydrogen-bond donors (Lipinski definition) is 1. The number of nitrogens with zero attached hydrogens (tertiary/aromatic N) is 3. The molecule has 0 aliphatic heterocycles. The minimum atomic E-state index is -0.174. The number of carbonyl (C=O) groups excluding carboxylic acids is 1. The molecule has 0 bridgehead atoms. The number of aryl methyl sites for hydroxylation is 2. The van der Waals surface area contributed by atoms with Crippen molar-refractivity contribution < 1.29 is 4.79 Å². The predicted octanol–water partition coefficient (Wildman–Crippen LogP) is 2.51. The molecule has 138 valence electrons. The Morgan fingerprint density at radius 1 is 1.12 bits per heavy atom. The van der Waals surface area contributed by atoms with Crippen LogP contribution in [0.1, 0.15) is 62.6 Å². The molecule has 1 saturated carbocycles. The molecule has 0 radical (unpaired) electrons. The van der Waals surface area contributed by atoms with Gasteiger partial charge < -0.3 is 5.32 Å². The number of hydrogen-bond acceptors (Lipinski definition) is 4. The van der Waals surface area contributed by atoms with Crippen molar-refractivity contribution in [3.05, 3.63) is 34.0 Å². The SMILES string of the molecule is O=C(Cn1cnc2nc3c(cc2c1=O)CCCC3)NC1CCCCCC1. The van der Waals surface area contributed by atoms with Gasteiger partial charge in [0.15, 0.2) is 5.65 Å². The van der Waals surface area contributed by atoms with Crippen LogP contribution in [0.5, 0.6) is 0 Å². The van der Waals surface area contributed by atoms with E-state index in [1.54, 1.807) is 0 Å². The van der Waals surface area contributed by atoms with Crippen LogP contribution in [-0.2, 0) is 24.2 Å². The maximum atomic E-state index is 12.8. The second-order valence-corrected chi connectivity index (χ2v) is 7.61. The number of nitrogens with one attached hydrogen (secondary N) is 1. The summed E-state index contributed by atoms with van der Waals surface area (Å²) in [7, 11) is 0. The Balaban J connectivity index is 1.53. The van der Waals surface area contributed by atoms with Gasteiger partial charge in [0.25, 0.3) is 5.56 Å². The molecule has 1 N–H and O–H groups in total. The van der Waals surface area contributed by atoms with Crippen molar-refractivity contribution in [1.82, 2.24) is 19.9 Å². The van der Waals surface area contributed by atoms with E-state index in [1.807, 2.05) is 6.07 Å².